The second kappa shape index (κ2) is 6.54. The lowest BCUT2D eigenvalue weighted by Crippen LogP contribution is -1.97. The monoisotopic (exact) mass is 345 g/mol. The van der Waals surface area contributed by atoms with E-state index in [4.69, 9.17) is 16.7 Å². The summed E-state index contributed by atoms with van der Waals surface area (Å²) < 4.78 is 1.82. The molecule has 0 aliphatic carbocycles. The predicted octanol–water partition coefficient (Wildman–Crippen LogP) is 5.56. The first-order chi connectivity index (χ1) is 12.2. The molecule has 2 heterocycles. The summed E-state index contributed by atoms with van der Waals surface area (Å²) in [6.07, 6.45) is 3.79. The standard InChI is InChI=1S/C21H16ClN3/c1-15-5-7-16(8-6-15)19-14-25(20-4-2-3-13-23-20)24-21(19)17-9-11-18(22)12-10-17/h2-14H,1H3. The molecule has 0 saturated heterocycles. The lowest BCUT2D eigenvalue weighted by molar-refractivity contribution is 0.850. The predicted molar refractivity (Wildman–Crippen MR) is 102 cm³/mol. The number of aromatic nitrogens is 3. The molecule has 2 aromatic carbocycles. The third-order valence-corrected chi connectivity index (χ3v) is 4.33. The summed E-state index contributed by atoms with van der Waals surface area (Å²) in [6, 6.07) is 22.0. The van der Waals surface area contributed by atoms with E-state index in [1.807, 2.05) is 53.3 Å². The van der Waals surface area contributed by atoms with Crippen LogP contribution in [0.1, 0.15) is 5.56 Å². The van der Waals surface area contributed by atoms with Crippen molar-refractivity contribution in [1.29, 1.82) is 0 Å². The molecular formula is C21H16ClN3. The Hall–Kier alpha value is -2.91. The molecule has 3 nitrogen and oxygen atoms in total. The Kier molecular flexibility index (Phi) is 4.08. The van der Waals surface area contributed by atoms with Crippen LogP contribution in [0.25, 0.3) is 28.2 Å². The Morgan fingerprint density at radius 3 is 2.24 bits per heavy atom. The fraction of sp³-hybridized carbons (Fsp3) is 0.0476. The van der Waals surface area contributed by atoms with E-state index in [-0.39, 0.29) is 0 Å². The zero-order chi connectivity index (χ0) is 17.2. The van der Waals surface area contributed by atoms with Crippen molar-refractivity contribution in [2.24, 2.45) is 0 Å². The molecule has 122 valence electrons. The summed E-state index contributed by atoms with van der Waals surface area (Å²) in [5, 5.41) is 5.50. The fourth-order valence-corrected chi connectivity index (χ4v) is 2.87. The molecule has 2 aromatic heterocycles. The molecule has 4 rings (SSSR count). The summed E-state index contributed by atoms with van der Waals surface area (Å²) in [7, 11) is 0. The van der Waals surface area contributed by atoms with E-state index in [9.17, 15) is 0 Å². The van der Waals surface area contributed by atoms with E-state index in [0.29, 0.717) is 5.02 Å². The molecule has 0 fully saturated rings. The van der Waals surface area contributed by atoms with Gasteiger partial charge in [0.15, 0.2) is 5.82 Å². The van der Waals surface area contributed by atoms with Crippen LogP contribution in [0.3, 0.4) is 0 Å². The fourth-order valence-electron chi connectivity index (χ4n) is 2.75. The molecule has 4 aromatic rings. The van der Waals surface area contributed by atoms with Gasteiger partial charge < -0.3 is 0 Å². The van der Waals surface area contributed by atoms with Gasteiger partial charge in [-0.05, 0) is 36.8 Å². The average Bonchev–Trinajstić information content (AvgIpc) is 3.09. The number of benzene rings is 2. The largest absolute Gasteiger partial charge is 0.237 e. The minimum atomic E-state index is 0.713. The zero-order valence-electron chi connectivity index (χ0n) is 13.7. The van der Waals surface area contributed by atoms with Crippen molar-refractivity contribution in [1.82, 2.24) is 14.8 Å². The molecule has 4 heteroatoms. The highest BCUT2D eigenvalue weighted by atomic mass is 35.5. The van der Waals surface area contributed by atoms with Gasteiger partial charge in [-0.15, -0.1) is 0 Å². The third-order valence-electron chi connectivity index (χ3n) is 4.08. The van der Waals surface area contributed by atoms with E-state index < -0.39 is 0 Å². The lowest BCUT2D eigenvalue weighted by Gasteiger charge is -2.03. The number of rotatable bonds is 3. The second-order valence-corrected chi connectivity index (χ2v) is 6.33. The van der Waals surface area contributed by atoms with Gasteiger partial charge in [-0.3, -0.25) is 0 Å². The van der Waals surface area contributed by atoms with E-state index >= 15 is 0 Å². The van der Waals surface area contributed by atoms with E-state index in [0.717, 1.165) is 28.2 Å². The molecule has 0 unspecified atom stereocenters. The van der Waals surface area contributed by atoms with Crippen LogP contribution < -0.4 is 0 Å². The lowest BCUT2D eigenvalue weighted by atomic mass is 10.0. The Morgan fingerprint density at radius 2 is 1.56 bits per heavy atom. The van der Waals surface area contributed by atoms with Crippen molar-refractivity contribution < 1.29 is 0 Å². The van der Waals surface area contributed by atoms with Crippen molar-refractivity contribution in [3.63, 3.8) is 0 Å². The van der Waals surface area contributed by atoms with Gasteiger partial charge in [0, 0.05) is 28.5 Å². The van der Waals surface area contributed by atoms with Crippen LogP contribution in [0.15, 0.2) is 79.1 Å². The molecule has 25 heavy (non-hydrogen) atoms. The minimum Gasteiger partial charge on any atom is -0.237 e. The first kappa shape index (κ1) is 15.6. The van der Waals surface area contributed by atoms with Crippen molar-refractivity contribution in [2.75, 3.05) is 0 Å². The van der Waals surface area contributed by atoms with Gasteiger partial charge >= 0.3 is 0 Å². The van der Waals surface area contributed by atoms with Gasteiger partial charge in [0.1, 0.15) is 5.69 Å². The third kappa shape index (κ3) is 3.19. The van der Waals surface area contributed by atoms with Crippen molar-refractivity contribution >= 4 is 11.6 Å². The van der Waals surface area contributed by atoms with Gasteiger partial charge in [-0.2, -0.15) is 5.10 Å². The van der Waals surface area contributed by atoms with Crippen molar-refractivity contribution in [2.45, 2.75) is 6.92 Å². The highest BCUT2D eigenvalue weighted by molar-refractivity contribution is 6.30. The number of hydrogen-bond donors (Lipinski definition) is 0. The summed E-state index contributed by atoms with van der Waals surface area (Å²) in [5.41, 5.74) is 5.35. The summed E-state index contributed by atoms with van der Waals surface area (Å²) >= 11 is 6.04. The topological polar surface area (TPSA) is 30.7 Å². The Morgan fingerprint density at radius 1 is 0.840 bits per heavy atom. The van der Waals surface area contributed by atoms with Gasteiger partial charge in [-0.25, -0.2) is 9.67 Å². The van der Waals surface area contributed by atoms with Gasteiger partial charge in [-0.1, -0.05) is 59.6 Å². The number of nitrogens with zero attached hydrogens (tertiary/aromatic N) is 3. The first-order valence-electron chi connectivity index (χ1n) is 8.05. The van der Waals surface area contributed by atoms with Crippen LogP contribution in [0.4, 0.5) is 0 Å². The second-order valence-electron chi connectivity index (χ2n) is 5.90. The van der Waals surface area contributed by atoms with Gasteiger partial charge in [0.2, 0.25) is 0 Å². The minimum absolute atomic E-state index is 0.713. The van der Waals surface area contributed by atoms with Crippen LogP contribution in [-0.4, -0.2) is 14.8 Å². The maximum absolute atomic E-state index is 6.04. The van der Waals surface area contributed by atoms with E-state index in [1.54, 1.807) is 6.20 Å². The molecule has 0 saturated carbocycles. The van der Waals surface area contributed by atoms with E-state index in [2.05, 4.69) is 36.2 Å². The van der Waals surface area contributed by atoms with Gasteiger partial charge in [0.05, 0.1) is 0 Å². The quantitative estimate of drug-likeness (QED) is 0.486. The SMILES string of the molecule is Cc1ccc(-c2cn(-c3ccccn3)nc2-c2ccc(Cl)cc2)cc1. The maximum Gasteiger partial charge on any atom is 0.153 e. The molecular weight excluding hydrogens is 330 g/mol. The summed E-state index contributed by atoms with van der Waals surface area (Å²) in [4.78, 5) is 4.40. The molecule has 0 bridgehead atoms. The summed E-state index contributed by atoms with van der Waals surface area (Å²) in [6.45, 7) is 2.08. The Labute approximate surface area is 151 Å². The smallest absolute Gasteiger partial charge is 0.153 e. The highest BCUT2D eigenvalue weighted by Gasteiger charge is 2.14. The number of halogens is 1. The zero-order valence-corrected chi connectivity index (χ0v) is 14.5. The van der Waals surface area contributed by atoms with E-state index in [1.165, 1.54) is 5.56 Å². The van der Waals surface area contributed by atoms with Crippen LogP contribution in [0.2, 0.25) is 5.02 Å². The number of hydrogen-bond acceptors (Lipinski definition) is 2. The first-order valence-corrected chi connectivity index (χ1v) is 8.42. The number of pyridine rings is 1. The molecule has 0 aliphatic rings. The van der Waals surface area contributed by atoms with Gasteiger partial charge in [0.25, 0.3) is 0 Å². The molecule has 0 radical (unpaired) electrons. The average molecular weight is 346 g/mol. The summed E-state index contributed by atoms with van der Waals surface area (Å²) in [5.74, 6) is 0.788. The Balaban J connectivity index is 1.89. The maximum atomic E-state index is 6.04. The Bertz CT molecular complexity index is 925. The van der Waals surface area contributed by atoms with Crippen molar-refractivity contribution in [3.05, 3.63) is 89.7 Å². The van der Waals surface area contributed by atoms with Crippen LogP contribution in [0, 0.1) is 6.92 Å². The molecule has 0 atom stereocenters. The van der Waals surface area contributed by atoms with Crippen LogP contribution >= 0.6 is 11.6 Å². The molecule has 0 aliphatic heterocycles. The molecule has 0 spiro atoms. The van der Waals surface area contributed by atoms with Crippen LogP contribution in [0.5, 0.6) is 0 Å². The molecule has 0 amide bonds. The molecule has 0 N–H and O–H groups in total. The number of aryl methyl sites for hydroxylation is 1. The van der Waals surface area contributed by atoms with Crippen LogP contribution in [-0.2, 0) is 0 Å². The normalized spacial score (nSPS) is 10.8. The van der Waals surface area contributed by atoms with Crippen molar-refractivity contribution in [3.8, 4) is 28.2 Å². The highest BCUT2D eigenvalue weighted by Crippen LogP contribution is 2.32.